The van der Waals surface area contributed by atoms with Crippen molar-refractivity contribution in [1.82, 2.24) is 9.97 Å². The van der Waals surface area contributed by atoms with Gasteiger partial charge in [-0.1, -0.05) is 17.8 Å². The monoisotopic (exact) mass is 289 g/mol. The van der Waals surface area contributed by atoms with E-state index in [0.29, 0.717) is 10.8 Å². The number of nitrogens with one attached hydrogen (secondary N) is 2. The van der Waals surface area contributed by atoms with Gasteiger partial charge >= 0.3 is 0 Å². The van der Waals surface area contributed by atoms with Crippen LogP contribution >= 0.6 is 11.8 Å². The molecule has 1 aromatic heterocycles. The highest BCUT2D eigenvalue weighted by Gasteiger charge is 2.27. The molecule has 0 saturated carbocycles. The molecule has 1 aromatic carbocycles. The third-order valence-electron chi connectivity index (χ3n) is 2.85. The first kappa shape index (κ1) is 12.7. The van der Waals surface area contributed by atoms with Crippen LogP contribution in [0.1, 0.15) is 11.6 Å². The molecule has 1 aliphatic rings. The predicted octanol–water partition coefficient (Wildman–Crippen LogP) is 0.455. The molecule has 102 valence electrons. The van der Waals surface area contributed by atoms with Crippen molar-refractivity contribution in [2.45, 2.75) is 16.1 Å². The van der Waals surface area contributed by atoms with Crippen LogP contribution in [-0.2, 0) is 4.79 Å². The number of rotatable bonds is 2. The summed E-state index contributed by atoms with van der Waals surface area (Å²) in [5, 5.41) is 3.09. The number of aromatic amines is 1. The maximum atomic E-state index is 11.5. The molecule has 1 unspecified atom stereocenters. The van der Waals surface area contributed by atoms with Crippen molar-refractivity contribution in [2.24, 2.45) is 5.73 Å². The van der Waals surface area contributed by atoms with Crippen LogP contribution in [0, 0.1) is 0 Å². The molecule has 0 radical (unpaired) electrons. The first-order valence-corrected chi connectivity index (χ1v) is 6.59. The van der Waals surface area contributed by atoms with Crippen LogP contribution < -0.4 is 22.3 Å². The van der Waals surface area contributed by atoms with Crippen LogP contribution in [0.5, 0.6) is 0 Å². The van der Waals surface area contributed by atoms with Gasteiger partial charge in [0.05, 0.1) is 0 Å². The van der Waals surface area contributed by atoms with E-state index in [1.165, 1.54) is 17.8 Å². The number of amides is 1. The molecule has 0 saturated heterocycles. The van der Waals surface area contributed by atoms with Crippen molar-refractivity contribution in [1.29, 1.82) is 0 Å². The van der Waals surface area contributed by atoms with Gasteiger partial charge in [0.1, 0.15) is 11.9 Å². The first-order chi connectivity index (χ1) is 9.52. The zero-order chi connectivity index (χ0) is 14.3. The van der Waals surface area contributed by atoms with Gasteiger partial charge in [0.25, 0.3) is 5.56 Å². The zero-order valence-electron chi connectivity index (χ0n) is 10.2. The largest absolute Gasteiger partial charge is 0.383 e. The standard InChI is InChI=1S/C12H11N5O2S/c13-8-4-9(18)17-12(16-8)20-5-1-2-6-7(3-5)15-11(19)10(6)14/h1-4,10H,14H2,(H,15,19)(H3,13,16,17,18). The molecule has 2 aromatic rings. The average molecular weight is 289 g/mol. The Balaban J connectivity index is 1.91. The number of benzene rings is 1. The molecule has 2 heterocycles. The van der Waals surface area contributed by atoms with Crippen LogP contribution in [-0.4, -0.2) is 15.9 Å². The van der Waals surface area contributed by atoms with E-state index < -0.39 is 6.04 Å². The fourth-order valence-corrected chi connectivity index (χ4v) is 2.78. The molecule has 0 bridgehead atoms. The summed E-state index contributed by atoms with van der Waals surface area (Å²) in [5.41, 5.74) is 12.4. The Labute approximate surface area is 117 Å². The van der Waals surface area contributed by atoms with Gasteiger partial charge in [0.15, 0.2) is 5.16 Å². The number of aromatic nitrogens is 2. The van der Waals surface area contributed by atoms with Gasteiger partial charge in [0, 0.05) is 22.2 Å². The molecule has 0 spiro atoms. The highest BCUT2D eigenvalue weighted by atomic mass is 32.2. The summed E-state index contributed by atoms with van der Waals surface area (Å²) in [6, 6.07) is 5.96. The minimum Gasteiger partial charge on any atom is -0.383 e. The van der Waals surface area contributed by atoms with Crippen molar-refractivity contribution in [3.63, 3.8) is 0 Å². The summed E-state index contributed by atoms with van der Waals surface area (Å²) < 4.78 is 0. The summed E-state index contributed by atoms with van der Waals surface area (Å²) in [6.07, 6.45) is 0. The second-order valence-corrected chi connectivity index (χ2v) is 5.36. The number of nitrogens with two attached hydrogens (primary N) is 2. The number of hydrogen-bond acceptors (Lipinski definition) is 6. The van der Waals surface area contributed by atoms with Crippen molar-refractivity contribution in [3.8, 4) is 0 Å². The second-order valence-electron chi connectivity index (χ2n) is 4.29. The quantitative estimate of drug-likeness (QED) is 0.595. The van der Waals surface area contributed by atoms with E-state index in [0.717, 1.165) is 10.5 Å². The minimum atomic E-state index is -0.630. The molecule has 7 nitrogen and oxygen atoms in total. The molecule has 3 rings (SSSR count). The summed E-state index contributed by atoms with van der Waals surface area (Å²) in [5.74, 6) is -0.0645. The van der Waals surface area contributed by atoms with Gasteiger partial charge < -0.3 is 21.8 Å². The molecule has 6 N–H and O–H groups in total. The smallest absolute Gasteiger partial charge is 0.253 e. The Morgan fingerprint density at radius 2 is 2.05 bits per heavy atom. The Morgan fingerprint density at radius 1 is 1.25 bits per heavy atom. The molecule has 1 atom stereocenters. The Bertz CT molecular complexity index is 758. The first-order valence-electron chi connectivity index (χ1n) is 5.78. The number of hydrogen-bond donors (Lipinski definition) is 4. The summed E-state index contributed by atoms with van der Waals surface area (Å²) in [6.45, 7) is 0. The number of anilines is 2. The van der Waals surface area contributed by atoms with Crippen LogP contribution in [0.4, 0.5) is 11.5 Å². The van der Waals surface area contributed by atoms with E-state index in [2.05, 4.69) is 15.3 Å². The molecular formula is C12H11N5O2S. The summed E-state index contributed by atoms with van der Waals surface area (Å²) in [7, 11) is 0. The molecule has 0 fully saturated rings. The Morgan fingerprint density at radius 3 is 2.80 bits per heavy atom. The third-order valence-corrected chi connectivity index (χ3v) is 3.73. The predicted molar refractivity (Wildman–Crippen MR) is 75.4 cm³/mol. The highest BCUT2D eigenvalue weighted by molar-refractivity contribution is 7.99. The third kappa shape index (κ3) is 2.26. The van der Waals surface area contributed by atoms with Crippen LogP contribution in [0.25, 0.3) is 0 Å². The lowest BCUT2D eigenvalue weighted by Gasteiger charge is -2.05. The van der Waals surface area contributed by atoms with Crippen molar-refractivity contribution in [2.75, 3.05) is 11.1 Å². The lowest BCUT2D eigenvalue weighted by molar-refractivity contribution is -0.116. The Hall–Kier alpha value is -2.32. The molecule has 1 amide bonds. The van der Waals surface area contributed by atoms with Gasteiger partial charge in [-0.25, -0.2) is 4.98 Å². The van der Waals surface area contributed by atoms with E-state index in [-0.39, 0.29) is 17.3 Å². The fourth-order valence-electron chi connectivity index (χ4n) is 1.94. The second kappa shape index (κ2) is 4.66. The van der Waals surface area contributed by atoms with Crippen molar-refractivity contribution >= 4 is 29.2 Å². The normalized spacial score (nSPS) is 16.9. The topological polar surface area (TPSA) is 127 Å². The number of nitrogens with zero attached hydrogens (tertiary/aromatic N) is 1. The van der Waals surface area contributed by atoms with E-state index in [4.69, 9.17) is 11.5 Å². The van der Waals surface area contributed by atoms with Crippen molar-refractivity contribution in [3.05, 3.63) is 40.2 Å². The molecule has 20 heavy (non-hydrogen) atoms. The zero-order valence-corrected chi connectivity index (χ0v) is 11.0. The SMILES string of the molecule is Nc1cc(=O)[nH]c(Sc2ccc3c(c2)NC(=O)C3N)n1. The van der Waals surface area contributed by atoms with E-state index in [1.54, 1.807) is 12.1 Å². The number of H-pyrrole nitrogens is 1. The van der Waals surface area contributed by atoms with Gasteiger partial charge in [-0.05, 0) is 12.1 Å². The van der Waals surface area contributed by atoms with Crippen LogP contribution in [0.15, 0.2) is 39.1 Å². The van der Waals surface area contributed by atoms with E-state index in [1.807, 2.05) is 6.07 Å². The van der Waals surface area contributed by atoms with Gasteiger partial charge in [-0.2, -0.15) is 0 Å². The minimum absolute atomic E-state index is 0.160. The maximum Gasteiger partial charge on any atom is 0.253 e. The fraction of sp³-hybridized carbons (Fsp3) is 0.0833. The summed E-state index contributed by atoms with van der Waals surface area (Å²) in [4.78, 5) is 30.2. The van der Waals surface area contributed by atoms with Crippen LogP contribution in [0.3, 0.4) is 0 Å². The van der Waals surface area contributed by atoms with E-state index in [9.17, 15) is 9.59 Å². The van der Waals surface area contributed by atoms with Gasteiger partial charge in [-0.15, -0.1) is 0 Å². The lowest BCUT2D eigenvalue weighted by Crippen LogP contribution is -2.19. The average Bonchev–Trinajstić information content (AvgIpc) is 2.63. The lowest BCUT2D eigenvalue weighted by atomic mass is 10.1. The molecule has 1 aliphatic heterocycles. The molecule has 8 heteroatoms. The van der Waals surface area contributed by atoms with Gasteiger partial charge in [-0.3, -0.25) is 9.59 Å². The highest BCUT2D eigenvalue weighted by Crippen LogP contribution is 2.34. The van der Waals surface area contributed by atoms with Gasteiger partial charge in [0.2, 0.25) is 5.91 Å². The Kier molecular flexibility index (Phi) is 2.96. The maximum absolute atomic E-state index is 11.5. The van der Waals surface area contributed by atoms with Crippen LogP contribution in [0.2, 0.25) is 0 Å². The van der Waals surface area contributed by atoms with Crippen molar-refractivity contribution < 1.29 is 4.79 Å². The number of fused-ring (bicyclic) bond motifs is 1. The molecular weight excluding hydrogens is 278 g/mol. The summed E-state index contributed by atoms with van der Waals surface area (Å²) >= 11 is 1.25. The number of carbonyl (C=O) groups excluding carboxylic acids is 1. The number of carbonyl (C=O) groups is 1. The molecule has 0 aliphatic carbocycles. The van der Waals surface area contributed by atoms with E-state index >= 15 is 0 Å². The number of nitrogen functional groups attached to an aromatic ring is 1.